The minimum atomic E-state index is -0.868. The number of aryl methyl sites for hydroxylation is 1. The summed E-state index contributed by atoms with van der Waals surface area (Å²) in [6, 6.07) is 5.66. The van der Waals surface area contributed by atoms with Gasteiger partial charge in [-0.3, -0.25) is 9.59 Å². The molecule has 20 heavy (non-hydrogen) atoms. The van der Waals surface area contributed by atoms with Gasteiger partial charge in [-0.25, -0.2) is 0 Å². The number of carboxylic acids is 1. The van der Waals surface area contributed by atoms with E-state index in [1.807, 2.05) is 25.1 Å². The number of carbonyl (C=O) groups is 2. The molecule has 1 amide bonds. The predicted molar refractivity (Wildman–Crippen MR) is 80.6 cm³/mol. The smallest absolute Gasteiger partial charge is 0.307 e. The molecule has 2 rings (SSSR count). The van der Waals surface area contributed by atoms with E-state index < -0.39 is 17.8 Å². The Morgan fingerprint density at radius 3 is 2.50 bits per heavy atom. The van der Waals surface area contributed by atoms with Crippen molar-refractivity contribution in [3.8, 4) is 0 Å². The molecule has 0 aliphatic heterocycles. The number of hydrogen-bond acceptors (Lipinski definition) is 2. The zero-order chi connectivity index (χ0) is 14.7. The van der Waals surface area contributed by atoms with Gasteiger partial charge in [0.1, 0.15) is 0 Å². The van der Waals surface area contributed by atoms with Crippen LogP contribution >= 0.6 is 15.9 Å². The second-order valence-electron chi connectivity index (χ2n) is 5.31. The van der Waals surface area contributed by atoms with Gasteiger partial charge in [0.15, 0.2) is 0 Å². The van der Waals surface area contributed by atoms with Crippen molar-refractivity contribution in [3.63, 3.8) is 0 Å². The van der Waals surface area contributed by atoms with E-state index in [0.717, 1.165) is 22.9 Å². The first-order valence-corrected chi connectivity index (χ1v) is 7.58. The average molecular weight is 340 g/mol. The minimum Gasteiger partial charge on any atom is -0.481 e. The molecule has 1 aromatic rings. The van der Waals surface area contributed by atoms with Crippen molar-refractivity contribution in [2.75, 3.05) is 5.32 Å². The number of halogens is 1. The molecule has 0 saturated heterocycles. The molecule has 0 bridgehead atoms. The molecule has 0 unspecified atom stereocenters. The third-order valence-corrected chi connectivity index (χ3v) is 4.46. The number of aliphatic carboxylic acids is 1. The summed E-state index contributed by atoms with van der Waals surface area (Å²) in [6.07, 6.45) is 3.03. The summed E-state index contributed by atoms with van der Waals surface area (Å²) in [5.74, 6) is -2.06. The molecule has 0 aromatic heterocycles. The number of benzene rings is 1. The van der Waals surface area contributed by atoms with E-state index in [2.05, 4.69) is 21.2 Å². The quantitative estimate of drug-likeness (QED) is 0.884. The van der Waals surface area contributed by atoms with Gasteiger partial charge in [-0.05, 0) is 53.4 Å². The summed E-state index contributed by atoms with van der Waals surface area (Å²) in [4.78, 5) is 23.6. The Hall–Kier alpha value is -1.36. The van der Waals surface area contributed by atoms with Gasteiger partial charge >= 0.3 is 5.97 Å². The van der Waals surface area contributed by atoms with Crippen LogP contribution in [0.2, 0.25) is 0 Å². The van der Waals surface area contributed by atoms with Crippen LogP contribution in [0.5, 0.6) is 0 Å². The van der Waals surface area contributed by atoms with E-state index >= 15 is 0 Å². The first-order valence-electron chi connectivity index (χ1n) is 6.79. The first kappa shape index (κ1) is 15.0. The maximum Gasteiger partial charge on any atom is 0.307 e. The lowest BCUT2D eigenvalue weighted by molar-refractivity contribution is -0.147. The number of amides is 1. The summed E-state index contributed by atoms with van der Waals surface area (Å²) < 4.78 is 0.813. The second-order valence-corrected chi connectivity index (χ2v) is 6.16. The Balaban J connectivity index is 2.12. The highest BCUT2D eigenvalue weighted by molar-refractivity contribution is 9.10. The molecule has 1 aliphatic carbocycles. The molecule has 1 aliphatic rings. The van der Waals surface area contributed by atoms with Crippen LogP contribution in [0.15, 0.2) is 22.7 Å². The van der Waals surface area contributed by atoms with Crippen molar-refractivity contribution in [1.82, 2.24) is 0 Å². The second kappa shape index (κ2) is 6.39. The normalized spacial score (nSPS) is 22.3. The number of nitrogens with one attached hydrogen (secondary N) is 1. The monoisotopic (exact) mass is 339 g/mol. The molecule has 1 aromatic carbocycles. The zero-order valence-electron chi connectivity index (χ0n) is 11.4. The Kier molecular flexibility index (Phi) is 4.81. The van der Waals surface area contributed by atoms with Gasteiger partial charge in [-0.15, -0.1) is 0 Å². The lowest BCUT2D eigenvalue weighted by Crippen LogP contribution is -2.36. The molecule has 108 valence electrons. The molecule has 0 spiro atoms. The van der Waals surface area contributed by atoms with Gasteiger partial charge in [-0.2, -0.15) is 0 Å². The van der Waals surface area contributed by atoms with Crippen molar-refractivity contribution in [2.24, 2.45) is 11.8 Å². The van der Waals surface area contributed by atoms with Gasteiger partial charge < -0.3 is 10.4 Å². The Bertz CT molecular complexity index is 530. The standard InChI is InChI=1S/C15H18BrNO3/c1-9-6-7-13(12(16)8-9)17-14(18)10-4-2-3-5-11(10)15(19)20/h6-8,10-11H,2-5H2,1H3,(H,17,18)(H,19,20)/t10-,11+/m1/s1. The van der Waals surface area contributed by atoms with E-state index in [4.69, 9.17) is 0 Å². The van der Waals surface area contributed by atoms with E-state index in [-0.39, 0.29) is 5.91 Å². The molecular formula is C15H18BrNO3. The van der Waals surface area contributed by atoms with Crippen LogP contribution in [0, 0.1) is 18.8 Å². The predicted octanol–water partition coefficient (Wildman–Crippen LogP) is 3.59. The number of anilines is 1. The largest absolute Gasteiger partial charge is 0.481 e. The summed E-state index contributed by atoms with van der Waals surface area (Å²) >= 11 is 3.41. The van der Waals surface area contributed by atoms with E-state index in [1.165, 1.54) is 0 Å². The van der Waals surface area contributed by atoms with Crippen molar-refractivity contribution < 1.29 is 14.7 Å². The Labute approximate surface area is 126 Å². The third kappa shape index (κ3) is 3.39. The maximum absolute atomic E-state index is 12.3. The zero-order valence-corrected chi connectivity index (χ0v) is 12.9. The number of rotatable bonds is 3. The number of carbonyl (C=O) groups excluding carboxylic acids is 1. The fourth-order valence-electron chi connectivity index (χ4n) is 2.69. The molecular weight excluding hydrogens is 322 g/mol. The summed E-state index contributed by atoms with van der Waals surface area (Å²) in [5.41, 5.74) is 1.78. The van der Waals surface area contributed by atoms with E-state index in [9.17, 15) is 14.7 Å². The van der Waals surface area contributed by atoms with Crippen molar-refractivity contribution in [3.05, 3.63) is 28.2 Å². The van der Waals surface area contributed by atoms with Gasteiger partial charge in [0, 0.05) is 4.47 Å². The van der Waals surface area contributed by atoms with E-state index in [0.29, 0.717) is 18.5 Å². The summed E-state index contributed by atoms with van der Waals surface area (Å²) in [7, 11) is 0. The number of hydrogen-bond donors (Lipinski definition) is 2. The van der Waals surface area contributed by atoms with Gasteiger partial charge in [-0.1, -0.05) is 18.9 Å². The molecule has 2 atom stereocenters. The molecule has 4 nitrogen and oxygen atoms in total. The van der Waals surface area contributed by atoms with Crippen LogP contribution < -0.4 is 5.32 Å². The topological polar surface area (TPSA) is 66.4 Å². The van der Waals surface area contributed by atoms with Gasteiger partial charge in [0.25, 0.3) is 0 Å². The Morgan fingerprint density at radius 2 is 1.90 bits per heavy atom. The van der Waals surface area contributed by atoms with Crippen LogP contribution in [-0.4, -0.2) is 17.0 Å². The van der Waals surface area contributed by atoms with Gasteiger partial charge in [0.2, 0.25) is 5.91 Å². The molecule has 1 fully saturated rings. The first-order chi connectivity index (χ1) is 9.49. The fourth-order valence-corrected chi connectivity index (χ4v) is 3.28. The molecule has 0 radical (unpaired) electrons. The maximum atomic E-state index is 12.3. The highest BCUT2D eigenvalue weighted by atomic mass is 79.9. The Morgan fingerprint density at radius 1 is 1.25 bits per heavy atom. The summed E-state index contributed by atoms with van der Waals surface area (Å²) in [5, 5.41) is 12.1. The van der Waals surface area contributed by atoms with Gasteiger partial charge in [0.05, 0.1) is 17.5 Å². The van der Waals surface area contributed by atoms with Crippen LogP contribution in [0.4, 0.5) is 5.69 Å². The molecule has 5 heteroatoms. The third-order valence-electron chi connectivity index (χ3n) is 3.80. The fraction of sp³-hybridized carbons (Fsp3) is 0.467. The molecule has 0 heterocycles. The van der Waals surface area contributed by atoms with Crippen LogP contribution in [0.25, 0.3) is 0 Å². The highest BCUT2D eigenvalue weighted by Gasteiger charge is 2.35. The minimum absolute atomic E-state index is 0.193. The SMILES string of the molecule is Cc1ccc(NC(=O)[C@@H]2CCCC[C@@H]2C(=O)O)c(Br)c1. The molecule has 2 N–H and O–H groups in total. The highest BCUT2D eigenvalue weighted by Crippen LogP contribution is 2.32. The van der Waals surface area contributed by atoms with Crippen molar-refractivity contribution in [1.29, 1.82) is 0 Å². The lowest BCUT2D eigenvalue weighted by Gasteiger charge is -2.27. The molecule has 1 saturated carbocycles. The van der Waals surface area contributed by atoms with Crippen molar-refractivity contribution >= 4 is 33.5 Å². The van der Waals surface area contributed by atoms with Crippen LogP contribution in [0.1, 0.15) is 31.2 Å². The van der Waals surface area contributed by atoms with Crippen LogP contribution in [-0.2, 0) is 9.59 Å². The summed E-state index contributed by atoms with van der Waals surface area (Å²) in [6.45, 7) is 1.97. The lowest BCUT2D eigenvalue weighted by atomic mass is 9.78. The number of carboxylic acid groups (broad SMARTS) is 1. The van der Waals surface area contributed by atoms with E-state index in [1.54, 1.807) is 0 Å². The van der Waals surface area contributed by atoms with Crippen molar-refractivity contribution in [2.45, 2.75) is 32.6 Å². The average Bonchev–Trinajstić information content (AvgIpc) is 2.41. The van der Waals surface area contributed by atoms with Crippen LogP contribution in [0.3, 0.4) is 0 Å².